The molecule has 1 atom stereocenters. The van der Waals surface area contributed by atoms with Crippen LogP contribution in [0.3, 0.4) is 0 Å². The number of benzene rings is 2. The Morgan fingerprint density at radius 2 is 2.00 bits per heavy atom. The van der Waals surface area contributed by atoms with Crippen molar-refractivity contribution in [3.63, 3.8) is 0 Å². The molecule has 2 aromatic carbocycles. The van der Waals surface area contributed by atoms with Gasteiger partial charge in [-0.05, 0) is 47.9 Å². The lowest BCUT2D eigenvalue weighted by atomic mass is 9.93. The second kappa shape index (κ2) is 9.55. The van der Waals surface area contributed by atoms with Crippen molar-refractivity contribution in [2.45, 2.75) is 19.6 Å². The van der Waals surface area contributed by atoms with Gasteiger partial charge in [-0.1, -0.05) is 30.3 Å². The molecule has 0 saturated heterocycles. The van der Waals surface area contributed by atoms with Crippen LogP contribution in [-0.4, -0.2) is 22.6 Å². The minimum Gasteiger partial charge on any atom is -0.463 e. The first kappa shape index (κ1) is 22.1. The molecule has 33 heavy (non-hydrogen) atoms. The van der Waals surface area contributed by atoms with Crippen molar-refractivity contribution in [3.05, 3.63) is 101 Å². The standard InChI is InChI=1S/C26H23N3O4/c1-17-6-4-5-7-21(17)22-12-18(8-9-19(22)13-27)25(23-14-28-16-29(23)2)32-15-20-10-11-24(33-20)26(30)31-3/h4-12,14,16,25H,15H2,1-3H3. The van der Waals surface area contributed by atoms with Gasteiger partial charge in [0.2, 0.25) is 5.76 Å². The third-order valence-corrected chi connectivity index (χ3v) is 5.47. The summed E-state index contributed by atoms with van der Waals surface area (Å²) in [6.45, 7) is 2.15. The maximum atomic E-state index is 11.7. The van der Waals surface area contributed by atoms with E-state index in [0.29, 0.717) is 11.3 Å². The van der Waals surface area contributed by atoms with Crippen LogP contribution in [-0.2, 0) is 23.1 Å². The largest absolute Gasteiger partial charge is 0.463 e. The van der Waals surface area contributed by atoms with Gasteiger partial charge < -0.3 is 18.5 Å². The number of hydrogen-bond acceptors (Lipinski definition) is 6. The number of aromatic nitrogens is 2. The predicted octanol–water partition coefficient (Wildman–Crippen LogP) is 4.95. The average molecular weight is 441 g/mol. The first-order valence-corrected chi connectivity index (χ1v) is 10.4. The number of ether oxygens (including phenoxy) is 2. The fraction of sp³-hybridized carbons (Fsp3) is 0.192. The quantitative estimate of drug-likeness (QED) is 0.377. The van der Waals surface area contributed by atoms with Crippen molar-refractivity contribution in [1.82, 2.24) is 9.55 Å². The highest BCUT2D eigenvalue weighted by molar-refractivity contribution is 5.86. The molecule has 2 aromatic heterocycles. The molecule has 0 spiro atoms. The lowest BCUT2D eigenvalue weighted by Gasteiger charge is -2.20. The Balaban J connectivity index is 1.71. The molecule has 0 fully saturated rings. The lowest BCUT2D eigenvalue weighted by Crippen LogP contribution is -2.11. The Kier molecular flexibility index (Phi) is 6.38. The molecule has 0 aliphatic carbocycles. The second-order valence-electron chi connectivity index (χ2n) is 7.61. The molecular formula is C26H23N3O4. The smallest absolute Gasteiger partial charge is 0.373 e. The van der Waals surface area contributed by atoms with E-state index in [4.69, 9.17) is 13.9 Å². The van der Waals surface area contributed by atoms with E-state index in [1.807, 2.05) is 61.0 Å². The zero-order valence-electron chi connectivity index (χ0n) is 18.6. The van der Waals surface area contributed by atoms with Crippen LogP contribution in [0, 0.1) is 18.3 Å². The number of hydrogen-bond donors (Lipinski definition) is 0. The van der Waals surface area contributed by atoms with Crippen molar-refractivity contribution >= 4 is 5.97 Å². The Bertz CT molecular complexity index is 1330. The molecule has 4 aromatic rings. The summed E-state index contributed by atoms with van der Waals surface area (Å²) in [6, 6.07) is 19.2. The highest BCUT2D eigenvalue weighted by Crippen LogP contribution is 2.33. The van der Waals surface area contributed by atoms with Gasteiger partial charge in [-0.15, -0.1) is 0 Å². The van der Waals surface area contributed by atoms with Gasteiger partial charge >= 0.3 is 5.97 Å². The van der Waals surface area contributed by atoms with Crippen LogP contribution >= 0.6 is 0 Å². The number of rotatable bonds is 7. The van der Waals surface area contributed by atoms with E-state index in [9.17, 15) is 10.1 Å². The van der Waals surface area contributed by atoms with E-state index in [2.05, 4.69) is 11.1 Å². The summed E-state index contributed by atoms with van der Waals surface area (Å²) in [6.07, 6.45) is 2.98. The molecule has 4 rings (SSSR count). The van der Waals surface area contributed by atoms with E-state index < -0.39 is 12.1 Å². The van der Waals surface area contributed by atoms with Gasteiger partial charge in [0.1, 0.15) is 18.5 Å². The molecule has 7 heteroatoms. The summed E-state index contributed by atoms with van der Waals surface area (Å²) in [5, 5.41) is 9.70. The zero-order chi connectivity index (χ0) is 23.4. The van der Waals surface area contributed by atoms with Crippen molar-refractivity contribution in [3.8, 4) is 17.2 Å². The van der Waals surface area contributed by atoms with Gasteiger partial charge in [0, 0.05) is 12.6 Å². The van der Waals surface area contributed by atoms with Crippen LogP contribution in [0.4, 0.5) is 0 Å². The molecule has 1 unspecified atom stereocenters. The first-order chi connectivity index (χ1) is 16.0. The van der Waals surface area contributed by atoms with Crippen LogP contribution in [0.2, 0.25) is 0 Å². The van der Waals surface area contributed by atoms with Gasteiger partial charge in [0.05, 0.1) is 37.0 Å². The minimum atomic E-state index is -0.542. The van der Waals surface area contributed by atoms with Crippen LogP contribution in [0.25, 0.3) is 11.1 Å². The van der Waals surface area contributed by atoms with Crippen molar-refractivity contribution in [2.24, 2.45) is 7.05 Å². The summed E-state index contributed by atoms with van der Waals surface area (Å²) in [4.78, 5) is 15.9. The maximum absolute atomic E-state index is 11.7. The highest BCUT2D eigenvalue weighted by Gasteiger charge is 2.22. The summed E-state index contributed by atoms with van der Waals surface area (Å²) in [7, 11) is 3.20. The molecule has 0 aliphatic rings. The predicted molar refractivity (Wildman–Crippen MR) is 121 cm³/mol. The maximum Gasteiger partial charge on any atom is 0.373 e. The number of carbonyl (C=O) groups is 1. The molecule has 0 amide bonds. The summed E-state index contributed by atoms with van der Waals surface area (Å²) in [5.74, 6) is 0.0723. The number of methoxy groups -OCH3 is 1. The Hall–Kier alpha value is -4.15. The molecule has 0 N–H and O–H groups in total. The summed E-state index contributed by atoms with van der Waals surface area (Å²) < 4.78 is 18.4. The first-order valence-electron chi connectivity index (χ1n) is 10.4. The molecule has 0 bridgehead atoms. The summed E-state index contributed by atoms with van der Waals surface area (Å²) in [5.41, 5.74) is 5.22. The highest BCUT2D eigenvalue weighted by atomic mass is 16.5. The second-order valence-corrected chi connectivity index (χ2v) is 7.61. The van der Waals surface area contributed by atoms with Crippen molar-refractivity contribution in [2.75, 3.05) is 7.11 Å². The molecule has 0 saturated carbocycles. The van der Waals surface area contributed by atoms with E-state index in [1.54, 1.807) is 24.7 Å². The van der Waals surface area contributed by atoms with E-state index >= 15 is 0 Å². The number of nitriles is 1. The van der Waals surface area contributed by atoms with Gasteiger partial charge in [0.25, 0.3) is 0 Å². The van der Waals surface area contributed by atoms with E-state index in [1.165, 1.54) is 7.11 Å². The SMILES string of the molecule is COC(=O)c1ccc(COC(c2ccc(C#N)c(-c3ccccc3C)c2)c2cncn2C)o1. The third-order valence-electron chi connectivity index (χ3n) is 5.47. The molecular weight excluding hydrogens is 418 g/mol. The molecule has 0 radical (unpaired) electrons. The molecule has 0 aliphatic heterocycles. The normalized spacial score (nSPS) is 11.7. The average Bonchev–Trinajstić information content (AvgIpc) is 3.48. The molecule has 7 nitrogen and oxygen atoms in total. The van der Waals surface area contributed by atoms with Crippen molar-refractivity contribution in [1.29, 1.82) is 5.26 Å². The monoisotopic (exact) mass is 441 g/mol. The fourth-order valence-electron chi connectivity index (χ4n) is 3.72. The molecule has 166 valence electrons. The zero-order valence-corrected chi connectivity index (χ0v) is 18.6. The number of esters is 1. The van der Waals surface area contributed by atoms with Gasteiger partial charge in [0.15, 0.2) is 0 Å². The number of imidazole rings is 1. The lowest BCUT2D eigenvalue weighted by molar-refractivity contribution is 0.0461. The van der Waals surface area contributed by atoms with E-state index in [-0.39, 0.29) is 12.4 Å². The van der Waals surface area contributed by atoms with Crippen LogP contribution in [0.15, 0.2) is 71.5 Å². The van der Waals surface area contributed by atoms with Gasteiger partial charge in [-0.2, -0.15) is 5.26 Å². The number of aryl methyl sites for hydroxylation is 2. The fourth-order valence-corrected chi connectivity index (χ4v) is 3.72. The number of furan rings is 1. The van der Waals surface area contributed by atoms with Gasteiger partial charge in [-0.25, -0.2) is 9.78 Å². The topological polar surface area (TPSA) is 90.3 Å². The van der Waals surface area contributed by atoms with Gasteiger partial charge in [-0.3, -0.25) is 0 Å². The van der Waals surface area contributed by atoms with Crippen LogP contribution in [0.1, 0.15) is 44.8 Å². The minimum absolute atomic E-state index is 0.119. The number of nitrogens with zero attached hydrogens (tertiary/aromatic N) is 3. The van der Waals surface area contributed by atoms with Crippen LogP contribution in [0.5, 0.6) is 0 Å². The van der Waals surface area contributed by atoms with Crippen LogP contribution < -0.4 is 0 Å². The van der Waals surface area contributed by atoms with E-state index in [0.717, 1.165) is 27.9 Å². The van der Waals surface area contributed by atoms with Crippen molar-refractivity contribution < 1.29 is 18.7 Å². The number of carbonyl (C=O) groups excluding carboxylic acids is 1. The molecule has 2 heterocycles. The summed E-state index contributed by atoms with van der Waals surface area (Å²) >= 11 is 0. The Morgan fingerprint density at radius 1 is 1.18 bits per heavy atom. The third kappa shape index (κ3) is 4.56. The Morgan fingerprint density at radius 3 is 2.70 bits per heavy atom. The Labute approximate surface area is 191 Å².